The highest BCUT2D eigenvalue weighted by molar-refractivity contribution is 7.99. The summed E-state index contributed by atoms with van der Waals surface area (Å²) < 4.78 is 22.6. The number of aliphatic hydroxyl groups is 1. The number of aryl methyl sites for hydroxylation is 1. The van der Waals surface area contributed by atoms with E-state index in [1.807, 2.05) is 18.2 Å². The van der Waals surface area contributed by atoms with Gasteiger partial charge in [0.2, 0.25) is 0 Å². The summed E-state index contributed by atoms with van der Waals surface area (Å²) >= 11 is 6.40. The largest absolute Gasteiger partial charge is 0.490 e. The maximum Gasteiger partial charge on any atom is 0.262 e. The lowest BCUT2D eigenvalue weighted by atomic mass is 9.68. The summed E-state index contributed by atoms with van der Waals surface area (Å²) in [7, 11) is -2.76. The van der Waals surface area contributed by atoms with Crippen molar-refractivity contribution in [1.82, 2.24) is 4.72 Å². The molecule has 6 nitrogen and oxygen atoms in total. The molecule has 2 aromatic carbocycles. The molecule has 2 N–H and O–H groups in total. The van der Waals surface area contributed by atoms with E-state index in [1.54, 1.807) is 6.07 Å². The molecule has 2 heterocycles. The van der Waals surface area contributed by atoms with Gasteiger partial charge < -0.3 is 14.7 Å². The fraction of sp³-hybridized carbons (Fsp3) is 0.562. The Morgan fingerprint density at radius 3 is 2.77 bits per heavy atom. The van der Waals surface area contributed by atoms with Gasteiger partial charge in [0.1, 0.15) is 5.75 Å². The summed E-state index contributed by atoms with van der Waals surface area (Å²) in [6.45, 7) is 2.14. The Morgan fingerprint density at radius 1 is 1.10 bits per heavy atom. The molecule has 2 bridgehead atoms. The number of nitrogens with zero attached hydrogens (tertiary/aromatic N) is 1. The summed E-state index contributed by atoms with van der Waals surface area (Å²) in [5.74, 6) is 6.18. The van der Waals surface area contributed by atoms with E-state index in [-0.39, 0.29) is 23.3 Å². The average Bonchev–Trinajstić information content (AvgIpc) is 3.65. The highest BCUT2D eigenvalue weighted by Gasteiger charge is 2.45. The third-order valence-electron chi connectivity index (χ3n) is 10.4. The lowest BCUT2D eigenvalue weighted by Crippen LogP contribution is -2.49. The van der Waals surface area contributed by atoms with Gasteiger partial charge >= 0.3 is 0 Å². The fourth-order valence-corrected chi connectivity index (χ4v) is 9.78. The minimum atomic E-state index is -2.76. The number of nitrogens with one attached hydrogen (secondary N) is 1. The number of hydrogen-bond acceptors (Lipinski definition) is 5. The van der Waals surface area contributed by atoms with Crippen molar-refractivity contribution in [2.45, 2.75) is 62.9 Å². The molecule has 40 heavy (non-hydrogen) atoms. The molecule has 1 amide bonds. The number of fused-ring (bicyclic) bond motifs is 5. The molecule has 3 aliphatic carbocycles. The quantitative estimate of drug-likeness (QED) is 0.428. The Bertz CT molecular complexity index is 1440. The maximum atomic E-state index is 13.3. The van der Waals surface area contributed by atoms with Gasteiger partial charge in [-0.05, 0) is 122 Å². The minimum absolute atomic E-state index is 0.193. The first-order valence-electron chi connectivity index (χ1n) is 14.9. The molecule has 1 unspecified atom stereocenters. The number of carbonyl (C=O) groups excluding carboxylic acids is 1. The van der Waals surface area contributed by atoms with Crippen molar-refractivity contribution in [3.8, 4) is 5.75 Å². The van der Waals surface area contributed by atoms with Crippen LogP contribution in [0.3, 0.4) is 0 Å². The molecular formula is C32H39ClN2O4S. The molecule has 2 saturated carbocycles. The SMILES string of the molecule is C=S1(=O)C[C@H]2C[C@H]2CC[C@H](O)[C@@H]2CC[C@H]2CN2C[C@@]3(CCCc4cc(Cl)ccc43)COc3ccc(cc32)C(=O)N1. The first kappa shape index (κ1) is 26.7. The van der Waals surface area contributed by atoms with E-state index in [2.05, 4.69) is 27.6 Å². The average molecular weight is 583 g/mol. The van der Waals surface area contributed by atoms with Crippen molar-refractivity contribution in [3.63, 3.8) is 0 Å². The van der Waals surface area contributed by atoms with Gasteiger partial charge in [0.05, 0.1) is 18.4 Å². The van der Waals surface area contributed by atoms with Crippen molar-refractivity contribution < 1.29 is 18.8 Å². The predicted molar refractivity (Wildman–Crippen MR) is 161 cm³/mol. The number of rotatable bonds is 0. The number of benzene rings is 2. The Morgan fingerprint density at radius 2 is 1.95 bits per heavy atom. The molecule has 7 rings (SSSR count). The van der Waals surface area contributed by atoms with Crippen LogP contribution in [-0.2, 0) is 21.5 Å². The van der Waals surface area contributed by atoms with Crippen molar-refractivity contribution >= 4 is 38.8 Å². The second-order valence-corrected chi connectivity index (χ2v) is 15.7. The zero-order chi connectivity index (χ0) is 27.6. The van der Waals surface area contributed by atoms with Gasteiger partial charge in [-0.2, -0.15) is 0 Å². The Hall–Kier alpha value is -2.22. The van der Waals surface area contributed by atoms with Gasteiger partial charge in [0, 0.05) is 44.6 Å². The summed E-state index contributed by atoms with van der Waals surface area (Å²) in [5.41, 5.74) is 3.78. The minimum Gasteiger partial charge on any atom is -0.490 e. The molecule has 1 spiro atoms. The summed E-state index contributed by atoms with van der Waals surface area (Å²) in [6, 6.07) is 11.8. The van der Waals surface area contributed by atoms with E-state index in [4.69, 9.17) is 16.3 Å². The molecule has 8 heteroatoms. The van der Waals surface area contributed by atoms with Crippen molar-refractivity contribution in [1.29, 1.82) is 0 Å². The highest BCUT2D eigenvalue weighted by atomic mass is 35.5. The van der Waals surface area contributed by atoms with Crippen LogP contribution in [0.4, 0.5) is 5.69 Å². The molecular weight excluding hydrogens is 544 g/mol. The number of halogens is 1. The van der Waals surface area contributed by atoms with Gasteiger partial charge in [-0.1, -0.05) is 17.7 Å². The van der Waals surface area contributed by atoms with Crippen LogP contribution in [0.5, 0.6) is 5.75 Å². The number of amides is 1. The van der Waals surface area contributed by atoms with E-state index in [1.165, 1.54) is 11.1 Å². The van der Waals surface area contributed by atoms with E-state index < -0.39 is 9.71 Å². The number of anilines is 1. The summed E-state index contributed by atoms with van der Waals surface area (Å²) in [5, 5.41) is 12.0. The number of aliphatic hydroxyl groups excluding tert-OH is 1. The standard InChI is InChI=1S/C32H39ClN2O4S/c1-40(38)17-24-13-20(24)5-10-29(36)26-8-4-23(26)16-35-18-32(12-2-3-21-14-25(33)7-9-27(21)32)19-39-30-11-6-22(15-28(30)35)31(37)34-40/h6-7,9,11,14-15,20,23-24,26,29,36H,1-5,8,10,12-13,16-19H2,(H,34,37,38)/t20-,23+,24-,26-,29+,32+,40?/m1/s1. The number of ether oxygens (including phenoxy) is 1. The maximum absolute atomic E-state index is 13.3. The van der Waals surface area contributed by atoms with Gasteiger partial charge in [-0.15, -0.1) is 0 Å². The highest BCUT2D eigenvalue weighted by Crippen LogP contribution is 2.48. The number of hydrogen-bond donors (Lipinski definition) is 2. The molecule has 2 aliphatic heterocycles. The summed E-state index contributed by atoms with van der Waals surface area (Å²) in [6.07, 6.45) is 7.68. The molecule has 2 aromatic rings. The van der Waals surface area contributed by atoms with Crippen LogP contribution in [0.25, 0.3) is 0 Å². The molecule has 0 saturated heterocycles. The Labute approximate surface area is 242 Å². The Balaban J connectivity index is 1.28. The van der Waals surface area contributed by atoms with E-state index >= 15 is 0 Å². The van der Waals surface area contributed by atoms with Gasteiger partial charge in [-0.25, -0.2) is 4.21 Å². The van der Waals surface area contributed by atoms with Crippen LogP contribution in [-0.4, -0.2) is 52.6 Å². The molecule has 0 radical (unpaired) electrons. The number of carbonyl (C=O) groups is 1. The third kappa shape index (κ3) is 4.92. The topological polar surface area (TPSA) is 78.9 Å². The molecule has 214 valence electrons. The second-order valence-electron chi connectivity index (χ2n) is 13.1. The lowest BCUT2D eigenvalue weighted by molar-refractivity contribution is 0.00837. The molecule has 7 atom stereocenters. The fourth-order valence-electron chi connectivity index (χ4n) is 7.95. The predicted octanol–water partition coefficient (Wildman–Crippen LogP) is 4.99. The van der Waals surface area contributed by atoms with Crippen LogP contribution in [0.15, 0.2) is 36.4 Å². The van der Waals surface area contributed by atoms with E-state index in [0.717, 1.165) is 80.9 Å². The summed E-state index contributed by atoms with van der Waals surface area (Å²) in [4.78, 5) is 15.8. The van der Waals surface area contributed by atoms with Crippen molar-refractivity contribution in [3.05, 3.63) is 58.1 Å². The van der Waals surface area contributed by atoms with E-state index in [9.17, 15) is 14.1 Å². The normalized spacial score (nSPS) is 37.1. The zero-order valence-corrected chi connectivity index (χ0v) is 24.5. The first-order valence-corrected chi connectivity index (χ1v) is 17.1. The smallest absolute Gasteiger partial charge is 0.262 e. The van der Waals surface area contributed by atoms with Crippen LogP contribution < -0.4 is 14.4 Å². The van der Waals surface area contributed by atoms with Crippen LogP contribution in [0, 0.1) is 23.7 Å². The second kappa shape index (κ2) is 9.95. The molecule has 5 aliphatic rings. The van der Waals surface area contributed by atoms with Gasteiger partial charge in [0.25, 0.3) is 5.91 Å². The van der Waals surface area contributed by atoms with Crippen LogP contribution in [0.2, 0.25) is 5.02 Å². The van der Waals surface area contributed by atoms with Crippen LogP contribution in [0.1, 0.15) is 66.4 Å². The first-order chi connectivity index (χ1) is 19.2. The van der Waals surface area contributed by atoms with Crippen molar-refractivity contribution in [2.75, 3.05) is 30.3 Å². The van der Waals surface area contributed by atoms with E-state index in [0.29, 0.717) is 35.7 Å². The third-order valence-corrected chi connectivity index (χ3v) is 12.1. The molecule has 0 aromatic heterocycles. The zero-order valence-electron chi connectivity index (χ0n) is 22.9. The monoisotopic (exact) mass is 582 g/mol. The Kier molecular flexibility index (Phi) is 6.64. The molecule has 2 fully saturated rings. The van der Waals surface area contributed by atoms with Gasteiger partial charge in [-0.3, -0.25) is 9.52 Å². The van der Waals surface area contributed by atoms with Gasteiger partial charge in [0.15, 0.2) is 0 Å². The van der Waals surface area contributed by atoms with Crippen LogP contribution >= 0.6 is 11.6 Å². The lowest BCUT2D eigenvalue weighted by Gasteiger charge is -2.45. The van der Waals surface area contributed by atoms with Crippen molar-refractivity contribution in [2.24, 2.45) is 23.7 Å².